The van der Waals surface area contributed by atoms with Gasteiger partial charge in [-0.15, -0.1) is 0 Å². The minimum Gasteiger partial charge on any atom is -0.389 e. The van der Waals surface area contributed by atoms with E-state index < -0.39 is 12.2 Å². The Morgan fingerprint density at radius 2 is 2.12 bits per heavy atom. The van der Waals surface area contributed by atoms with Crippen molar-refractivity contribution in [3.05, 3.63) is 29.3 Å². The lowest BCUT2D eigenvalue weighted by atomic mass is 9.96. The van der Waals surface area contributed by atoms with Crippen LogP contribution in [0.25, 0.3) is 0 Å². The molecule has 5 nitrogen and oxygen atoms in total. The molecule has 2 atom stereocenters. The van der Waals surface area contributed by atoms with Crippen molar-refractivity contribution in [2.45, 2.75) is 25.0 Å². The minimum absolute atomic E-state index is 0.00721. The summed E-state index contributed by atoms with van der Waals surface area (Å²) in [7, 11) is 0. The Labute approximate surface area is 99.3 Å². The fourth-order valence-electron chi connectivity index (χ4n) is 1.94. The Balaban J connectivity index is 2.24. The number of carbonyl (C=O) groups excluding carboxylic acids is 1. The summed E-state index contributed by atoms with van der Waals surface area (Å²) in [5.41, 5.74) is 7.68. The fourth-order valence-corrected chi connectivity index (χ4v) is 1.94. The molecule has 5 heteroatoms. The zero-order valence-electron chi connectivity index (χ0n) is 9.39. The molecule has 0 saturated carbocycles. The molecule has 1 aromatic rings. The standard InChI is InChI=1S/C12H16N2O3/c13-6-10(15)12(17)8-1-3-9-7(5-8)2-4-11(16)14-9/h1,3,5,10,12,15,17H,2,4,6,13H2,(H,14,16). The third-order valence-electron chi connectivity index (χ3n) is 2.97. The maximum Gasteiger partial charge on any atom is 0.224 e. The molecular weight excluding hydrogens is 220 g/mol. The van der Waals surface area contributed by atoms with E-state index in [-0.39, 0.29) is 12.5 Å². The molecule has 1 aliphatic heterocycles. The van der Waals surface area contributed by atoms with Crippen LogP contribution in [0.1, 0.15) is 23.7 Å². The number of aryl methyl sites for hydroxylation is 1. The van der Waals surface area contributed by atoms with Gasteiger partial charge in [-0.2, -0.15) is 0 Å². The summed E-state index contributed by atoms with van der Waals surface area (Å²) >= 11 is 0. The van der Waals surface area contributed by atoms with Gasteiger partial charge in [-0.3, -0.25) is 4.79 Å². The highest BCUT2D eigenvalue weighted by Crippen LogP contribution is 2.27. The second-order valence-corrected chi connectivity index (χ2v) is 4.21. The smallest absolute Gasteiger partial charge is 0.224 e. The van der Waals surface area contributed by atoms with Gasteiger partial charge in [0.2, 0.25) is 5.91 Å². The number of nitrogens with two attached hydrogens (primary N) is 1. The predicted octanol–water partition coefficient (Wildman–Crippen LogP) is -0.0757. The Bertz CT molecular complexity index is 434. The van der Waals surface area contributed by atoms with E-state index in [9.17, 15) is 15.0 Å². The number of benzene rings is 1. The normalized spacial score (nSPS) is 18.2. The molecule has 17 heavy (non-hydrogen) atoms. The molecule has 1 heterocycles. The highest BCUT2D eigenvalue weighted by Gasteiger charge is 2.20. The third-order valence-corrected chi connectivity index (χ3v) is 2.97. The lowest BCUT2D eigenvalue weighted by Gasteiger charge is -2.21. The first-order valence-electron chi connectivity index (χ1n) is 5.60. The van der Waals surface area contributed by atoms with Gasteiger partial charge in [0.1, 0.15) is 6.10 Å². The number of fused-ring (bicyclic) bond motifs is 1. The highest BCUT2D eigenvalue weighted by molar-refractivity contribution is 5.93. The second kappa shape index (κ2) is 4.83. The van der Waals surface area contributed by atoms with Crippen LogP contribution in [0.3, 0.4) is 0 Å². The van der Waals surface area contributed by atoms with Crippen LogP contribution in [0.15, 0.2) is 18.2 Å². The van der Waals surface area contributed by atoms with Gasteiger partial charge in [-0.05, 0) is 23.6 Å². The summed E-state index contributed by atoms with van der Waals surface area (Å²) in [4.78, 5) is 11.2. The van der Waals surface area contributed by atoms with Crippen molar-refractivity contribution in [1.29, 1.82) is 0 Å². The van der Waals surface area contributed by atoms with E-state index in [0.717, 1.165) is 11.3 Å². The van der Waals surface area contributed by atoms with Crippen molar-refractivity contribution < 1.29 is 15.0 Å². The van der Waals surface area contributed by atoms with Crippen molar-refractivity contribution >= 4 is 11.6 Å². The molecule has 0 fully saturated rings. The van der Waals surface area contributed by atoms with E-state index in [4.69, 9.17) is 5.73 Å². The number of amides is 1. The van der Waals surface area contributed by atoms with Crippen LogP contribution in [0, 0.1) is 0 Å². The van der Waals surface area contributed by atoms with Gasteiger partial charge in [0.05, 0.1) is 6.10 Å². The van der Waals surface area contributed by atoms with E-state index >= 15 is 0 Å². The Kier molecular flexibility index (Phi) is 3.42. The molecule has 0 radical (unpaired) electrons. The molecule has 1 amide bonds. The number of aliphatic hydroxyl groups is 2. The van der Waals surface area contributed by atoms with Crippen LogP contribution in [0.4, 0.5) is 5.69 Å². The molecular formula is C12H16N2O3. The van der Waals surface area contributed by atoms with E-state index in [1.54, 1.807) is 18.2 Å². The van der Waals surface area contributed by atoms with Gasteiger partial charge in [0, 0.05) is 18.7 Å². The van der Waals surface area contributed by atoms with Crippen molar-refractivity contribution in [2.24, 2.45) is 5.73 Å². The first kappa shape index (κ1) is 12.0. The number of carbonyl (C=O) groups is 1. The maximum atomic E-state index is 11.2. The molecule has 1 aromatic carbocycles. The Morgan fingerprint density at radius 3 is 2.82 bits per heavy atom. The first-order chi connectivity index (χ1) is 8.11. The van der Waals surface area contributed by atoms with Crippen molar-refractivity contribution in [1.82, 2.24) is 0 Å². The van der Waals surface area contributed by atoms with Crippen LogP contribution in [-0.4, -0.2) is 28.8 Å². The summed E-state index contributed by atoms with van der Waals surface area (Å²) in [5.74, 6) is 0.00721. The monoisotopic (exact) mass is 236 g/mol. The molecule has 5 N–H and O–H groups in total. The average molecular weight is 236 g/mol. The van der Waals surface area contributed by atoms with Crippen LogP contribution in [0.2, 0.25) is 0 Å². The number of hydrogen-bond donors (Lipinski definition) is 4. The van der Waals surface area contributed by atoms with Gasteiger partial charge in [0.15, 0.2) is 0 Å². The summed E-state index contributed by atoms with van der Waals surface area (Å²) < 4.78 is 0. The van der Waals surface area contributed by atoms with E-state index in [2.05, 4.69) is 5.32 Å². The van der Waals surface area contributed by atoms with Crippen LogP contribution in [-0.2, 0) is 11.2 Å². The molecule has 0 bridgehead atoms. The molecule has 0 saturated heterocycles. The lowest BCUT2D eigenvalue weighted by Crippen LogP contribution is -2.27. The molecule has 1 aliphatic rings. The predicted molar refractivity (Wildman–Crippen MR) is 63.4 cm³/mol. The first-order valence-corrected chi connectivity index (χ1v) is 5.60. The number of rotatable bonds is 3. The minimum atomic E-state index is -0.983. The fraction of sp³-hybridized carbons (Fsp3) is 0.417. The molecule has 0 aliphatic carbocycles. The summed E-state index contributed by atoms with van der Waals surface area (Å²) in [5, 5.41) is 22.1. The van der Waals surface area contributed by atoms with Crippen LogP contribution >= 0.6 is 0 Å². The second-order valence-electron chi connectivity index (χ2n) is 4.21. The number of aliphatic hydroxyl groups excluding tert-OH is 2. The zero-order chi connectivity index (χ0) is 12.4. The van der Waals surface area contributed by atoms with E-state index in [1.165, 1.54) is 0 Å². The van der Waals surface area contributed by atoms with Gasteiger partial charge < -0.3 is 21.3 Å². The van der Waals surface area contributed by atoms with Crippen molar-refractivity contribution in [3.8, 4) is 0 Å². The molecule has 2 unspecified atom stereocenters. The molecule has 0 spiro atoms. The van der Waals surface area contributed by atoms with Gasteiger partial charge >= 0.3 is 0 Å². The van der Waals surface area contributed by atoms with E-state index in [1.807, 2.05) is 0 Å². The lowest BCUT2D eigenvalue weighted by molar-refractivity contribution is -0.116. The number of hydrogen-bond acceptors (Lipinski definition) is 4. The Morgan fingerprint density at radius 1 is 1.35 bits per heavy atom. The van der Waals surface area contributed by atoms with Crippen LogP contribution < -0.4 is 11.1 Å². The molecule has 92 valence electrons. The maximum absolute atomic E-state index is 11.2. The van der Waals surface area contributed by atoms with Gasteiger partial charge in [-0.1, -0.05) is 12.1 Å². The number of anilines is 1. The quantitative estimate of drug-likeness (QED) is 0.590. The summed E-state index contributed by atoms with van der Waals surface area (Å²) in [6.45, 7) is 0.00892. The molecule has 2 rings (SSSR count). The highest BCUT2D eigenvalue weighted by atomic mass is 16.3. The molecule has 0 aromatic heterocycles. The van der Waals surface area contributed by atoms with Crippen LogP contribution in [0.5, 0.6) is 0 Å². The summed E-state index contributed by atoms with van der Waals surface area (Å²) in [6.07, 6.45) is -0.846. The zero-order valence-corrected chi connectivity index (χ0v) is 9.39. The van der Waals surface area contributed by atoms with Gasteiger partial charge in [-0.25, -0.2) is 0 Å². The number of nitrogens with one attached hydrogen (secondary N) is 1. The van der Waals surface area contributed by atoms with Crippen molar-refractivity contribution in [2.75, 3.05) is 11.9 Å². The summed E-state index contributed by atoms with van der Waals surface area (Å²) in [6, 6.07) is 5.24. The average Bonchev–Trinajstić information content (AvgIpc) is 2.36. The Hall–Kier alpha value is -1.43. The van der Waals surface area contributed by atoms with E-state index in [0.29, 0.717) is 18.4 Å². The largest absolute Gasteiger partial charge is 0.389 e. The topological polar surface area (TPSA) is 95.6 Å². The SMILES string of the molecule is NCC(O)C(O)c1ccc2c(c1)CCC(=O)N2. The van der Waals surface area contributed by atoms with Crippen molar-refractivity contribution in [3.63, 3.8) is 0 Å². The third kappa shape index (κ3) is 2.46. The van der Waals surface area contributed by atoms with Gasteiger partial charge in [0.25, 0.3) is 0 Å².